The molecule has 0 aromatic carbocycles. The molecule has 0 aromatic rings. The van der Waals surface area contributed by atoms with E-state index in [1.807, 2.05) is 20.8 Å². The molecule has 6 heteroatoms. The Bertz CT molecular complexity index is 370. The molecule has 0 spiro atoms. The molecule has 1 amide bonds. The van der Waals surface area contributed by atoms with Gasteiger partial charge in [-0.2, -0.15) is 0 Å². The average Bonchev–Trinajstić information content (AvgIpc) is 2.23. The molecule has 0 N–H and O–H groups in total. The summed E-state index contributed by atoms with van der Waals surface area (Å²) >= 11 is 0. The lowest BCUT2D eigenvalue weighted by Crippen LogP contribution is -2.55. The molecule has 0 saturated carbocycles. The van der Waals surface area contributed by atoms with Crippen LogP contribution in [0.25, 0.3) is 0 Å². The molecule has 2 aliphatic rings. The van der Waals surface area contributed by atoms with Gasteiger partial charge in [0.05, 0.1) is 5.92 Å². The van der Waals surface area contributed by atoms with Crippen molar-refractivity contribution in [3.63, 3.8) is 0 Å². The first-order valence-electron chi connectivity index (χ1n) is 6.58. The zero-order valence-electron chi connectivity index (χ0n) is 11.8. The van der Waals surface area contributed by atoms with Gasteiger partial charge in [0.25, 0.3) is 0 Å². The smallest absolute Gasteiger partial charge is 0.410 e. The number of nitrogens with zero attached hydrogens (tertiary/aromatic N) is 1. The molecule has 19 heavy (non-hydrogen) atoms. The van der Waals surface area contributed by atoms with Crippen molar-refractivity contribution in [2.45, 2.75) is 52.3 Å². The summed E-state index contributed by atoms with van der Waals surface area (Å²) in [6, 6.07) is 0. The summed E-state index contributed by atoms with van der Waals surface area (Å²) in [6.07, 6.45) is -0.860. The van der Waals surface area contributed by atoms with Crippen molar-refractivity contribution in [2.24, 2.45) is 5.92 Å². The van der Waals surface area contributed by atoms with E-state index in [9.17, 15) is 9.59 Å². The Morgan fingerprint density at radius 2 is 2.00 bits per heavy atom. The number of piperidine rings is 1. The zero-order valence-corrected chi connectivity index (χ0v) is 11.8. The van der Waals surface area contributed by atoms with E-state index in [4.69, 9.17) is 14.2 Å². The second kappa shape index (κ2) is 5.09. The Hall–Kier alpha value is -1.14. The van der Waals surface area contributed by atoms with Gasteiger partial charge in [0, 0.05) is 19.5 Å². The van der Waals surface area contributed by atoms with Gasteiger partial charge in [-0.3, -0.25) is 4.79 Å². The zero-order chi connectivity index (χ0) is 14.2. The molecule has 2 heterocycles. The highest BCUT2D eigenvalue weighted by molar-refractivity contribution is 5.84. The molecule has 2 rings (SSSR count). The SMILES string of the molecule is CC1OC(C2CN(C(=O)OC(C)(C)C)CCC2=O)O1. The number of rotatable bonds is 1. The Morgan fingerprint density at radius 1 is 1.37 bits per heavy atom. The summed E-state index contributed by atoms with van der Waals surface area (Å²) < 4.78 is 16.0. The molecule has 2 aliphatic heterocycles. The topological polar surface area (TPSA) is 65.1 Å². The van der Waals surface area contributed by atoms with E-state index in [2.05, 4.69) is 0 Å². The van der Waals surface area contributed by atoms with Gasteiger partial charge in [-0.05, 0) is 27.7 Å². The van der Waals surface area contributed by atoms with E-state index in [1.54, 1.807) is 11.8 Å². The number of ether oxygens (including phenoxy) is 3. The van der Waals surface area contributed by atoms with Crippen LogP contribution >= 0.6 is 0 Å². The molecule has 0 radical (unpaired) electrons. The Labute approximate surface area is 113 Å². The summed E-state index contributed by atoms with van der Waals surface area (Å²) in [5.41, 5.74) is -0.536. The first kappa shape index (κ1) is 14.3. The second-order valence-electron chi connectivity index (χ2n) is 5.96. The van der Waals surface area contributed by atoms with Gasteiger partial charge in [-0.1, -0.05) is 0 Å². The third-order valence-electron chi connectivity index (χ3n) is 3.09. The fraction of sp³-hybridized carbons (Fsp3) is 0.846. The van der Waals surface area contributed by atoms with Crippen molar-refractivity contribution in [3.8, 4) is 0 Å². The van der Waals surface area contributed by atoms with E-state index in [0.29, 0.717) is 19.5 Å². The van der Waals surface area contributed by atoms with Gasteiger partial charge in [-0.25, -0.2) is 4.79 Å². The third kappa shape index (κ3) is 3.45. The maximum absolute atomic E-state index is 12.0. The van der Waals surface area contributed by atoms with Gasteiger partial charge in [-0.15, -0.1) is 0 Å². The van der Waals surface area contributed by atoms with Crippen molar-refractivity contribution in [3.05, 3.63) is 0 Å². The minimum Gasteiger partial charge on any atom is -0.444 e. The minimum absolute atomic E-state index is 0.0803. The molecule has 1 unspecified atom stereocenters. The number of ketones is 1. The van der Waals surface area contributed by atoms with Crippen LogP contribution in [0.2, 0.25) is 0 Å². The van der Waals surface area contributed by atoms with E-state index in [0.717, 1.165) is 0 Å². The summed E-state index contributed by atoms with van der Waals surface area (Å²) in [5.74, 6) is -0.325. The van der Waals surface area contributed by atoms with E-state index >= 15 is 0 Å². The Balaban J connectivity index is 1.93. The number of hydrogen-bond acceptors (Lipinski definition) is 5. The molecule has 2 fully saturated rings. The van der Waals surface area contributed by atoms with Gasteiger partial charge >= 0.3 is 6.09 Å². The van der Waals surface area contributed by atoms with Crippen molar-refractivity contribution >= 4 is 11.9 Å². The van der Waals surface area contributed by atoms with Crippen LogP contribution in [0.1, 0.15) is 34.1 Å². The van der Waals surface area contributed by atoms with Gasteiger partial charge in [0.2, 0.25) is 0 Å². The lowest BCUT2D eigenvalue weighted by atomic mass is 9.95. The predicted molar refractivity (Wildman–Crippen MR) is 66.3 cm³/mol. The van der Waals surface area contributed by atoms with Gasteiger partial charge in [0.1, 0.15) is 11.4 Å². The number of amides is 1. The minimum atomic E-state index is -0.536. The van der Waals surface area contributed by atoms with Crippen LogP contribution in [-0.4, -0.2) is 48.0 Å². The normalized spacial score (nSPS) is 31.9. The summed E-state index contributed by atoms with van der Waals surface area (Å²) in [4.78, 5) is 25.4. The number of Topliss-reactive ketones (excluding diaryl/α,β-unsaturated/α-hetero) is 1. The maximum Gasteiger partial charge on any atom is 0.410 e. The molecule has 1 atom stereocenters. The maximum atomic E-state index is 12.0. The largest absolute Gasteiger partial charge is 0.444 e. The monoisotopic (exact) mass is 271 g/mol. The van der Waals surface area contributed by atoms with Crippen molar-refractivity contribution in [1.29, 1.82) is 0 Å². The van der Waals surface area contributed by atoms with E-state index in [-0.39, 0.29) is 12.1 Å². The molecule has 108 valence electrons. The van der Waals surface area contributed by atoms with Crippen molar-refractivity contribution in [1.82, 2.24) is 4.90 Å². The third-order valence-corrected chi connectivity index (χ3v) is 3.09. The van der Waals surface area contributed by atoms with E-state index < -0.39 is 23.9 Å². The standard InChI is InChI=1S/C13H21NO5/c1-8-17-11(18-8)9-7-14(6-5-10(9)15)12(16)19-13(2,3)4/h8-9,11H,5-7H2,1-4H3. The van der Waals surface area contributed by atoms with Crippen LogP contribution in [0.5, 0.6) is 0 Å². The molecule has 2 saturated heterocycles. The number of carbonyl (C=O) groups is 2. The molecule has 0 aromatic heterocycles. The molecular weight excluding hydrogens is 250 g/mol. The number of carbonyl (C=O) groups excluding carboxylic acids is 2. The van der Waals surface area contributed by atoms with Crippen LogP contribution in [-0.2, 0) is 19.0 Å². The first-order chi connectivity index (χ1) is 8.76. The van der Waals surface area contributed by atoms with Crippen LogP contribution in [0.15, 0.2) is 0 Å². The lowest BCUT2D eigenvalue weighted by Gasteiger charge is -2.42. The lowest BCUT2D eigenvalue weighted by molar-refractivity contribution is -0.388. The molecular formula is C13H21NO5. The van der Waals surface area contributed by atoms with Crippen LogP contribution in [0, 0.1) is 5.92 Å². The van der Waals surface area contributed by atoms with Gasteiger partial charge < -0.3 is 19.1 Å². The fourth-order valence-corrected chi connectivity index (χ4v) is 2.17. The van der Waals surface area contributed by atoms with Gasteiger partial charge in [0.15, 0.2) is 12.6 Å². The molecule has 0 aliphatic carbocycles. The fourth-order valence-electron chi connectivity index (χ4n) is 2.17. The number of likely N-dealkylation sites (tertiary alicyclic amines) is 1. The Kier molecular flexibility index (Phi) is 3.82. The molecule has 0 bridgehead atoms. The van der Waals surface area contributed by atoms with Crippen LogP contribution in [0.4, 0.5) is 4.79 Å². The summed E-state index contributed by atoms with van der Waals surface area (Å²) in [5, 5.41) is 0. The number of hydrogen-bond donors (Lipinski definition) is 0. The quantitative estimate of drug-likeness (QED) is 0.723. The van der Waals surface area contributed by atoms with Crippen molar-refractivity contribution in [2.75, 3.05) is 13.1 Å². The van der Waals surface area contributed by atoms with Crippen molar-refractivity contribution < 1.29 is 23.8 Å². The average molecular weight is 271 g/mol. The highest BCUT2D eigenvalue weighted by Crippen LogP contribution is 2.28. The predicted octanol–water partition coefficient (Wildman–Crippen LogP) is 1.53. The molecule has 6 nitrogen and oxygen atoms in total. The van der Waals surface area contributed by atoms with Crippen LogP contribution in [0.3, 0.4) is 0 Å². The second-order valence-corrected chi connectivity index (χ2v) is 5.96. The van der Waals surface area contributed by atoms with E-state index in [1.165, 1.54) is 0 Å². The highest BCUT2D eigenvalue weighted by atomic mass is 16.9. The summed E-state index contributed by atoms with van der Waals surface area (Å²) in [7, 11) is 0. The highest BCUT2D eigenvalue weighted by Gasteiger charge is 2.43. The van der Waals surface area contributed by atoms with Crippen LogP contribution < -0.4 is 0 Å². The Morgan fingerprint density at radius 3 is 2.53 bits per heavy atom. The first-order valence-corrected chi connectivity index (χ1v) is 6.58. The summed E-state index contributed by atoms with van der Waals surface area (Å²) in [6.45, 7) is 7.92.